The minimum atomic E-state index is -0.948. The average molecular weight is 202 g/mol. The number of ether oxygens (including phenoxy) is 1. The van der Waals surface area contributed by atoms with E-state index in [1.807, 2.05) is 0 Å². The molecule has 0 aliphatic heterocycles. The van der Waals surface area contributed by atoms with Crippen LogP contribution in [0.2, 0.25) is 0 Å². The third-order valence-electron chi connectivity index (χ3n) is 1.84. The minimum Gasteiger partial charge on any atom is -0.496 e. The number of hydrogen-bond donors (Lipinski definition) is 1. The Bertz CT molecular complexity index is 324. The summed E-state index contributed by atoms with van der Waals surface area (Å²) in [7, 11) is 1.37. The molecule has 0 fully saturated rings. The second-order valence-corrected chi connectivity index (χ2v) is 3.13. The highest BCUT2D eigenvalue weighted by Crippen LogP contribution is 2.23. The van der Waals surface area contributed by atoms with Crippen LogP contribution in [0.3, 0.4) is 0 Å². The summed E-state index contributed by atoms with van der Waals surface area (Å²) in [5.41, 5.74) is 0.460. The largest absolute Gasteiger partial charge is 0.496 e. The molecule has 0 spiro atoms. The Morgan fingerprint density at radius 2 is 1.93 bits per heavy atom. The Labute approximate surface area is 81.1 Å². The quantitative estimate of drug-likeness (QED) is 0.811. The van der Waals surface area contributed by atoms with Crippen LogP contribution in [0.1, 0.15) is 12.5 Å². The van der Waals surface area contributed by atoms with Crippen molar-refractivity contribution in [3.63, 3.8) is 0 Å². The molecule has 0 saturated heterocycles. The zero-order chi connectivity index (χ0) is 10.7. The molecule has 0 saturated carbocycles. The molecule has 0 amide bonds. The van der Waals surface area contributed by atoms with Gasteiger partial charge in [0, 0.05) is 12.5 Å². The monoisotopic (exact) mass is 202 g/mol. The van der Waals surface area contributed by atoms with E-state index in [1.54, 1.807) is 6.92 Å². The van der Waals surface area contributed by atoms with Gasteiger partial charge in [-0.05, 0) is 18.6 Å². The van der Waals surface area contributed by atoms with Gasteiger partial charge in [-0.3, -0.25) is 0 Å². The molecule has 78 valence electrons. The third-order valence-corrected chi connectivity index (χ3v) is 1.84. The lowest BCUT2D eigenvalue weighted by atomic mass is 10.1. The Morgan fingerprint density at radius 1 is 1.36 bits per heavy atom. The fourth-order valence-electron chi connectivity index (χ4n) is 1.24. The number of aliphatic hydroxyl groups excluding tert-OH is 1. The van der Waals surface area contributed by atoms with Gasteiger partial charge in [-0.1, -0.05) is 0 Å². The van der Waals surface area contributed by atoms with Crippen LogP contribution in [0.15, 0.2) is 12.1 Å². The van der Waals surface area contributed by atoms with Gasteiger partial charge in [-0.2, -0.15) is 0 Å². The molecule has 2 nitrogen and oxygen atoms in total. The highest BCUT2D eigenvalue weighted by Gasteiger charge is 2.11. The number of rotatable bonds is 3. The Hall–Kier alpha value is -1.16. The van der Waals surface area contributed by atoms with E-state index in [9.17, 15) is 8.78 Å². The van der Waals surface area contributed by atoms with Crippen molar-refractivity contribution < 1.29 is 18.6 Å². The lowest BCUT2D eigenvalue weighted by Crippen LogP contribution is -2.06. The molecule has 1 N–H and O–H groups in total. The van der Waals surface area contributed by atoms with Crippen molar-refractivity contribution in [2.45, 2.75) is 19.4 Å². The summed E-state index contributed by atoms with van der Waals surface area (Å²) in [6.07, 6.45) is -0.380. The zero-order valence-electron chi connectivity index (χ0n) is 8.05. The van der Waals surface area contributed by atoms with Crippen molar-refractivity contribution >= 4 is 0 Å². The maximum Gasteiger partial charge on any atom is 0.162 e. The first-order valence-electron chi connectivity index (χ1n) is 4.24. The molecular formula is C10H12F2O2. The molecule has 0 aromatic heterocycles. The van der Waals surface area contributed by atoms with Crippen LogP contribution in [0.25, 0.3) is 0 Å². The summed E-state index contributed by atoms with van der Waals surface area (Å²) in [5.74, 6) is -1.62. The first-order chi connectivity index (χ1) is 6.54. The predicted octanol–water partition coefficient (Wildman–Crippen LogP) is 1.90. The normalized spacial score (nSPS) is 12.6. The second-order valence-electron chi connectivity index (χ2n) is 3.13. The topological polar surface area (TPSA) is 29.5 Å². The molecular weight excluding hydrogens is 190 g/mol. The van der Waals surface area contributed by atoms with Gasteiger partial charge < -0.3 is 9.84 Å². The van der Waals surface area contributed by atoms with Crippen LogP contribution in [0.5, 0.6) is 5.75 Å². The molecule has 0 aliphatic carbocycles. The molecule has 0 heterocycles. The van der Waals surface area contributed by atoms with Gasteiger partial charge >= 0.3 is 0 Å². The lowest BCUT2D eigenvalue weighted by molar-refractivity contribution is 0.194. The van der Waals surface area contributed by atoms with Gasteiger partial charge in [0.25, 0.3) is 0 Å². The molecule has 4 heteroatoms. The van der Waals surface area contributed by atoms with Gasteiger partial charge in [-0.25, -0.2) is 8.78 Å². The van der Waals surface area contributed by atoms with E-state index < -0.39 is 17.7 Å². The first-order valence-corrected chi connectivity index (χ1v) is 4.24. The highest BCUT2D eigenvalue weighted by molar-refractivity contribution is 5.35. The average Bonchev–Trinajstić information content (AvgIpc) is 2.10. The third kappa shape index (κ3) is 2.42. The number of methoxy groups -OCH3 is 1. The van der Waals surface area contributed by atoms with E-state index in [1.165, 1.54) is 7.11 Å². The lowest BCUT2D eigenvalue weighted by Gasteiger charge is -2.10. The van der Waals surface area contributed by atoms with E-state index in [0.29, 0.717) is 5.56 Å². The van der Waals surface area contributed by atoms with Gasteiger partial charge in [0.1, 0.15) is 5.75 Å². The second kappa shape index (κ2) is 4.37. The van der Waals surface area contributed by atoms with E-state index in [-0.39, 0.29) is 12.2 Å². The van der Waals surface area contributed by atoms with E-state index >= 15 is 0 Å². The van der Waals surface area contributed by atoms with Crippen molar-refractivity contribution in [1.82, 2.24) is 0 Å². The van der Waals surface area contributed by atoms with Crippen molar-refractivity contribution in [3.8, 4) is 5.75 Å². The van der Waals surface area contributed by atoms with Crippen LogP contribution in [0.4, 0.5) is 8.78 Å². The Kier molecular flexibility index (Phi) is 3.41. The van der Waals surface area contributed by atoms with Gasteiger partial charge in [-0.15, -0.1) is 0 Å². The zero-order valence-corrected chi connectivity index (χ0v) is 8.05. The summed E-state index contributed by atoms with van der Waals surface area (Å²) >= 11 is 0. The van der Waals surface area contributed by atoms with Crippen molar-refractivity contribution in [2.24, 2.45) is 0 Å². The van der Waals surface area contributed by atoms with Gasteiger partial charge in [0.05, 0.1) is 13.2 Å². The summed E-state index contributed by atoms with van der Waals surface area (Å²) in [6, 6.07) is 2.02. The maximum absolute atomic E-state index is 12.8. The van der Waals surface area contributed by atoms with Crippen LogP contribution in [-0.2, 0) is 6.42 Å². The molecule has 1 aromatic carbocycles. The number of halogens is 2. The standard InChI is InChI=1S/C10H12F2O2/c1-6(13)3-7-4-8(11)9(12)5-10(7)14-2/h4-6,13H,3H2,1-2H3/t6-/m0/s1. The molecule has 1 rings (SSSR count). The van der Waals surface area contributed by atoms with E-state index in [0.717, 1.165) is 12.1 Å². The number of aliphatic hydroxyl groups is 1. The number of hydrogen-bond acceptors (Lipinski definition) is 2. The molecule has 0 aliphatic rings. The van der Waals surface area contributed by atoms with Crippen LogP contribution < -0.4 is 4.74 Å². The van der Waals surface area contributed by atoms with Crippen LogP contribution in [-0.4, -0.2) is 18.3 Å². The van der Waals surface area contributed by atoms with Crippen molar-refractivity contribution in [2.75, 3.05) is 7.11 Å². The fraction of sp³-hybridized carbons (Fsp3) is 0.400. The maximum atomic E-state index is 12.8. The van der Waals surface area contributed by atoms with E-state index in [4.69, 9.17) is 9.84 Å². The fourth-order valence-corrected chi connectivity index (χ4v) is 1.24. The van der Waals surface area contributed by atoms with Crippen molar-refractivity contribution in [1.29, 1.82) is 0 Å². The summed E-state index contributed by atoms with van der Waals surface area (Å²) in [4.78, 5) is 0. The molecule has 1 aromatic rings. The Morgan fingerprint density at radius 3 is 2.43 bits per heavy atom. The molecule has 1 atom stereocenters. The summed E-state index contributed by atoms with van der Waals surface area (Å²) < 4.78 is 30.5. The summed E-state index contributed by atoms with van der Waals surface area (Å²) in [6.45, 7) is 1.57. The van der Waals surface area contributed by atoms with Crippen LogP contribution >= 0.6 is 0 Å². The first kappa shape index (κ1) is 10.9. The number of benzene rings is 1. The van der Waals surface area contributed by atoms with Crippen molar-refractivity contribution in [3.05, 3.63) is 29.3 Å². The van der Waals surface area contributed by atoms with E-state index in [2.05, 4.69) is 0 Å². The van der Waals surface area contributed by atoms with Gasteiger partial charge in [0.15, 0.2) is 11.6 Å². The smallest absolute Gasteiger partial charge is 0.162 e. The molecule has 0 unspecified atom stereocenters. The van der Waals surface area contributed by atoms with Crippen LogP contribution in [0, 0.1) is 11.6 Å². The minimum absolute atomic E-state index is 0.236. The van der Waals surface area contributed by atoms with Gasteiger partial charge in [0.2, 0.25) is 0 Å². The predicted molar refractivity (Wildman–Crippen MR) is 48.3 cm³/mol. The SMILES string of the molecule is COc1cc(F)c(F)cc1C[C@H](C)O. The molecule has 14 heavy (non-hydrogen) atoms. The Balaban J connectivity index is 3.07. The highest BCUT2D eigenvalue weighted by atomic mass is 19.2. The molecule has 0 radical (unpaired) electrons. The summed E-state index contributed by atoms with van der Waals surface area (Å²) in [5, 5.41) is 9.11. The molecule has 0 bridgehead atoms.